The topological polar surface area (TPSA) is 76.1 Å². The van der Waals surface area contributed by atoms with E-state index in [2.05, 4.69) is 11.8 Å². The summed E-state index contributed by atoms with van der Waals surface area (Å²) >= 11 is 0. The molecule has 0 radical (unpaired) electrons. The molecule has 1 rings (SSSR count). The Hall–Kier alpha value is -2.46. The van der Waals surface area contributed by atoms with Gasteiger partial charge in [0.15, 0.2) is 0 Å². The van der Waals surface area contributed by atoms with Gasteiger partial charge in [0.25, 0.3) is 5.91 Å². The highest BCUT2D eigenvalue weighted by Gasteiger charge is 2.05. The summed E-state index contributed by atoms with van der Waals surface area (Å²) in [4.78, 5) is 10.5. The van der Waals surface area contributed by atoms with Crippen LogP contribution in [0.2, 0.25) is 0 Å². The Morgan fingerprint density at radius 1 is 1.53 bits per heavy atom. The van der Waals surface area contributed by atoms with Gasteiger partial charge in [-0.05, 0) is 12.1 Å². The molecule has 74 valence electrons. The first kappa shape index (κ1) is 10.6. The molecular formula is C11H8N2O2. The number of carbonyl (C=O) groups excluding carboxylic acids is 1. The summed E-state index contributed by atoms with van der Waals surface area (Å²) in [6.07, 6.45) is 0. The third-order valence-corrected chi connectivity index (χ3v) is 1.68. The Bertz CT molecular complexity index is 490. The second-order valence-corrected chi connectivity index (χ2v) is 2.61. The number of ether oxygens (including phenoxy) is 1. The van der Waals surface area contributed by atoms with Crippen LogP contribution < -0.4 is 10.5 Å². The van der Waals surface area contributed by atoms with Gasteiger partial charge in [-0.3, -0.25) is 4.79 Å². The molecule has 0 saturated carbocycles. The van der Waals surface area contributed by atoms with Crippen LogP contribution in [0.15, 0.2) is 18.2 Å². The first-order valence-electron chi connectivity index (χ1n) is 4.07. The molecule has 0 atom stereocenters. The highest BCUT2D eigenvalue weighted by Crippen LogP contribution is 2.20. The molecule has 0 fully saturated rings. The maximum Gasteiger partial charge on any atom is 0.293 e. The number of nitriles is 1. The largest absolute Gasteiger partial charge is 0.495 e. The van der Waals surface area contributed by atoms with Crippen molar-refractivity contribution in [2.45, 2.75) is 0 Å². The number of rotatable bonds is 1. The highest BCUT2D eigenvalue weighted by molar-refractivity contribution is 5.92. The summed E-state index contributed by atoms with van der Waals surface area (Å²) in [7, 11) is 1.46. The lowest BCUT2D eigenvalue weighted by Crippen LogP contribution is -2.06. The van der Waals surface area contributed by atoms with Gasteiger partial charge in [-0.1, -0.05) is 12.0 Å². The Morgan fingerprint density at radius 2 is 2.27 bits per heavy atom. The lowest BCUT2D eigenvalue weighted by Gasteiger charge is -2.02. The van der Waals surface area contributed by atoms with Crippen LogP contribution in [0.25, 0.3) is 0 Å². The summed E-state index contributed by atoms with van der Waals surface area (Å²) in [5.41, 5.74) is 5.60. The zero-order chi connectivity index (χ0) is 11.3. The van der Waals surface area contributed by atoms with Crippen LogP contribution in [-0.2, 0) is 4.79 Å². The van der Waals surface area contributed by atoms with Gasteiger partial charge in [0.1, 0.15) is 17.4 Å². The van der Waals surface area contributed by atoms with E-state index in [-0.39, 0.29) is 0 Å². The van der Waals surface area contributed by atoms with Crippen molar-refractivity contribution in [3.05, 3.63) is 29.3 Å². The van der Waals surface area contributed by atoms with Gasteiger partial charge >= 0.3 is 0 Å². The number of hydrogen-bond donors (Lipinski definition) is 1. The number of nitrogens with zero attached hydrogens (tertiary/aromatic N) is 1. The number of nitrogens with two attached hydrogens (primary N) is 1. The zero-order valence-electron chi connectivity index (χ0n) is 8.07. The third kappa shape index (κ3) is 2.49. The first-order chi connectivity index (χ1) is 7.19. The van der Waals surface area contributed by atoms with E-state index >= 15 is 0 Å². The summed E-state index contributed by atoms with van der Waals surface area (Å²) < 4.78 is 4.98. The number of benzene rings is 1. The Kier molecular flexibility index (Phi) is 3.32. The van der Waals surface area contributed by atoms with Crippen molar-refractivity contribution < 1.29 is 9.53 Å². The third-order valence-electron chi connectivity index (χ3n) is 1.68. The Labute approximate surface area is 87.3 Å². The van der Waals surface area contributed by atoms with E-state index in [0.717, 1.165) is 0 Å². The van der Waals surface area contributed by atoms with Gasteiger partial charge in [0.05, 0.1) is 7.11 Å². The molecule has 4 nitrogen and oxygen atoms in total. The smallest absolute Gasteiger partial charge is 0.293 e. The van der Waals surface area contributed by atoms with E-state index in [0.29, 0.717) is 16.9 Å². The molecule has 0 heterocycles. The predicted octanol–water partition coefficient (Wildman–Crippen LogP) is 0.404. The highest BCUT2D eigenvalue weighted by atomic mass is 16.5. The number of carbonyl (C=O) groups is 1. The standard InChI is InChI=1S/C11H8N2O2/c1-15-10-4-2-3-8(9(10)7-12)5-6-11(13)14/h2-4H,1H3,(H2,13,14). The lowest BCUT2D eigenvalue weighted by atomic mass is 10.1. The summed E-state index contributed by atoms with van der Waals surface area (Å²) in [6, 6.07) is 6.91. The summed E-state index contributed by atoms with van der Waals surface area (Å²) in [6.45, 7) is 0. The van der Waals surface area contributed by atoms with Crippen molar-refractivity contribution in [1.29, 1.82) is 5.26 Å². The molecule has 0 aliphatic carbocycles. The number of amides is 1. The van der Waals surface area contributed by atoms with Gasteiger partial charge < -0.3 is 10.5 Å². The van der Waals surface area contributed by atoms with E-state index in [1.807, 2.05) is 6.07 Å². The van der Waals surface area contributed by atoms with E-state index in [1.54, 1.807) is 18.2 Å². The van der Waals surface area contributed by atoms with Gasteiger partial charge in [-0.15, -0.1) is 0 Å². The monoisotopic (exact) mass is 200 g/mol. The normalized spacial score (nSPS) is 8.27. The first-order valence-corrected chi connectivity index (χ1v) is 4.07. The molecule has 0 aliphatic heterocycles. The quantitative estimate of drug-likeness (QED) is 0.667. The average molecular weight is 200 g/mol. The predicted molar refractivity (Wildman–Crippen MR) is 53.8 cm³/mol. The molecule has 0 saturated heterocycles. The molecular weight excluding hydrogens is 192 g/mol. The van der Waals surface area contributed by atoms with Crippen molar-refractivity contribution in [3.8, 4) is 23.7 Å². The minimum absolute atomic E-state index is 0.300. The molecule has 0 bridgehead atoms. The van der Waals surface area contributed by atoms with Crippen LogP contribution in [0.1, 0.15) is 11.1 Å². The molecule has 0 aliphatic rings. The maximum absolute atomic E-state index is 10.5. The molecule has 0 spiro atoms. The molecule has 0 aromatic heterocycles. The van der Waals surface area contributed by atoms with Crippen molar-refractivity contribution >= 4 is 5.91 Å². The van der Waals surface area contributed by atoms with E-state index in [9.17, 15) is 4.79 Å². The molecule has 0 unspecified atom stereocenters. The summed E-state index contributed by atoms with van der Waals surface area (Å²) in [5, 5.41) is 8.88. The van der Waals surface area contributed by atoms with Crippen LogP contribution >= 0.6 is 0 Å². The van der Waals surface area contributed by atoms with Crippen LogP contribution in [0.3, 0.4) is 0 Å². The molecule has 2 N–H and O–H groups in total. The molecule has 1 aromatic carbocycles. The van der Waals surface area contributed by atoms with Crippen molar-refractivity contribution in [1.82, 2.24) is 0 Å². The van der Waals surface area contributed by atoms with Gasteiger partial charge in [0, 0.05) is 11.5 Å². The fourth-order valence-electron chi connectivity index (χ4n) is 1.05. The summed E-state index contributed by atoms with van der Waals surface area (Å²) in [5.74, 6) is 4.37. The van der Waals surface area contributed by atoms with Gasteiger partial charge in [0.2, 0.25) is 0 Å². The van der Waals surface area contributed by atoms with Crippen LogP contribution in [0.5, 0.6) is 5.75 Å². The number of primary amides is 1. The SMILES string of the molecule is COc1cccc(C#CC(N)=O)c1C#N. The average Bonchev–Trinajstić information content (AvgIpc) is 2.25. The Balaban J connectivity index is 3.27. The van der Waals surface area contributed by atoms with Crippen molar-refractivity contribution in [2.75, 3.05) is 7.11 Å². The zero-order valence-corrected chi connectivity index (χ0v) is 8.07. The van der Waals surface area contributed by atoms with Crippen molar-refractivity contribution in [3.63, 3.8) is 0 Å². The van der Waals surface area contributed by atoms with Gasteiger partial charge in [-0.25, -0.2) is 0 Å². The maximum atomic E-state index is 10.5. The minimum atomic E-state index is -0.735. The van der Waals surface area contributed by atoms with E-state index in [1.165, 1.54) is 7.11 Å². The number of methoxy groups -OCH3 is 1. The molecule has 1 amide bonds. The molecule has 15 heavy (non-hydrogen) atoms. The van der Waals surface area contributed by atoms with Gasteiger partial charge in [-0.2, -0.15) is 5.26 Å². The fourth-order valence-corrected chi connectivity index (χ4v) is 1.05. The minimum Gasteiger partial charge on any atom is -0.495 e. The van der Waals surface area contributed by atoms with Crippen molar-refractivity contribution in [2.24, 2.45) is 5.73 Å². The van der Waals surface area contributed by atoms with E-state index in [4.69, 9.17) is 15.7 Å². The van der Waals surface area contributed by atoms with Crippen LogP contribution in [0.4, 0.5) is 0 Å². The second-order valence-electron chi connectivity index (χ2n) is 2.61. The van der Waals surface area contributed by atoms with Crippen LogP contribution in [0, 0.1) is 23.2 Å². The fraction of sp³-hybridized carbons (Fsp3) is 0.0909. The number of hydrogen-bond acceptors (Lipinski definition) is 3. The van der Waals surface area contributed by atoms with E-state index < -0.39 is 5.91 Å². The second kappa shape index (κ2) is 4.69. The molecule has 4 heteroatoms. The Morgan fingerprint density at radius 3 is 2.80 bits per heavy atom. The molecule has 1 aromatic rings. The lowest BCUT2D eigenvalue weighted by molar-refractivity contribution is -0.112. The van der Waals surface area contributed by atoms with Crippen LogP contribution in [-0.4, -0.2) is 13.0 Å².